The molecule has 0 amide bonds. The van der Waals surface area contributed by atoms with Crippen LogP contribution in [0.5, 0.6) is 11.5 Å². The van der Waals surface area contributed by atoms with Gasteiger partial charge in [-0.05, 0) is 42.9 Å². The molecule has 0 aliphatic carbocycles. The number of fused-ring (bicyclic) bond motifs is 1. The Bertz CT molecular complexity index is 550. The number of benzene rings is 1. The van der Waals surface area contributed by atoms with E-state index in [4.69, 9.17) is 9.47 Å². The lowest BCUT2D eigenvalue weighted by molar-refractivity contribution is 0.171. The van der Waals surface area contributed by atoms with Crippen LogP contribution in [0.15, 0.2) is 30.3 Å². The van der Waals surface area contributed by atoms with E-state index in [9.17, 15) is 0 Å². The van der Waals surface area contributed by atoms with Crippen LogP contribution in [0.3, 0.4) is 0 Å². The van der Waals surface area contributed by atoms with Crippen LogP contribution >= 0.6 is 11.3 Å². The second-order valence-corrected chi connectivity index (χ2v) is 5.32. The largest absolute Gasteiger partial charge is 0.486 e. The standard InChI is InChI=1S/C14H15NO2S/c1-15-9-11-3-5-14(18-11)10-2-4-12-13(8-10)17-7-6-16-12/h2-5,8,15H,6-7,9H2,1H3. The molecule has 1 aliphatic rings. The van der Waals surface area contributed by atoms with Crippen LogP contribution < -0.4 is 14.8 Å². The van der Waals surface area contributed by atoms with Gasteiger partial charge in [-0.2, -0.15) is 0 Å². The van der Waals surface area contributed by atoms with Gasteiger partial charge in [0.15, 0.2) is 11.5 Å². The maximum absolute atomic E-state index is 5.61. The van der Waals surface area contributed by atoms with Gasteiger partial charge in [-0.3, -0.25) is 0 Å². The van der Waals surface area contributed by atoms with Crippen molar-refractivity contribution in [3.63, 3.8) is 0 Å². The molecule has 3 rings (SSSR count). The Hall–Kier alpha value is -1.52. The highest BCUT2D eigenvalue weighted by atomic mass is 32.1. The van der Waals surface area contributed by atoms with Crippen molar-refractivity contribution in [2.45, 2.75) is 6.54 Å². The van der Waals surface area contributed by atoms with Gasteiger partial charge in [0, 0.05) is 16.3 Å². The third-order valence-electron chi connectivity index (χ3n) is 2.84. The first-order chi connectivity index (χ1) is 8.86. The zero-order valence-corrected chi connectivity index (χ0v) is 11.0. The van der Waals surface area contributed by atoms with Crippen molar-refractivity contribution in [1.29, 1.82) is 0 Å². The lowest BCUT2D eigenvalue weighted by Crippen LogP contribution is -2.15. The first-order valence-electron chi connectivity index (χ1n) is 6.00. The number of ether oxygens (including phenoxy) is 2. The highest BCUT2D eigenvalue weighted by Gasteiger charge is 2.13. The Kier molecular flexibility index (Phi) is 3.21. The quantitative estimate of drug-likeness (QED) is 0.921. The Morgan fingerprint density at radius 3 is 2.78 bits per heavy atom. The molecule has 94 valence electrons. The highest BCUT2D eigenvalue weighted by molar-refractivity contribution is 7.15. The van der Waals surface area contributed by atoms with Crippen LogP contribution in [-0.2, 0) is 6.54 Å². The van der Waals surface area contributed by atoms with Crippen LogP contribution in [0, 0.1) is 0 Å². The summed E-state index contributed by atoms with van der Waals surface area (Å²) in [6.07, 6.45) is 0. The summed E-state index contributed by atoms with van der Waals surface area (Å²) in [4.78, 5) is 2.60. The summed E-state index contributed by atoms with van der Waals surface area (Å²) in [5, 5.41) is 3.16. The van der Waals surface area contributed by atoms with Gasteiger partial charge in [-0.1, -0.05) is 0 Å². The average molecular weight is 261 g/mol. The van der Waals surface area contributed by atoms with E-state index in [1.807, 2.05) is 13.1 Å². The minimum Gasteiger partial charge on any atom is -0.486 e. The second-order valence-electron chi connectivity index (χ2n) is 4.15. The zero-order chi connectivity index (χ0) is 12.4. The van der Waals surface area contributed by atoms with E-state index in [0.29, 0.717) is 13.2 Å². The minimum atomic E-state index is 0.631. The first kappa shape index (κ1) is 11.6. The van der Waals surface area contributed by atoms with Gasteiger partial charge >= 0.3 is 0 Å². The molecule has 18 heavy (non-hydrogen) atoms. The molecule has 0 radical (unpaired) electrons. The number of hydrogen-bond acceptors (Lipinski definition) is 4. The van der Waals surface area contributed by atoms with Gasteiger partial charge in [-0.15, -0.1) is 11.3 Å². The van der Waals surface area contributed by atoms with Crippen LogP contribution in [0.4, 0.5) is 0 Å². The van der Waals surface area contributed by atoms with Gasteiger partial charge in [0.25, 0.3) is 0 Å². The smallest absolute Gasteiger partial charge is 0.162 e. The van der Waals surface area contributed by atoms with Crippen molar-refractivity contribution < 1.29 is 9.47 Å². The van der Waals surface area contributed by atoms with Crippen molar-refractivity contribution in [2.24, 2.45) is 0 Å². The van der Waals surface area contributed by atoms with Crippen LogP contribution in [-0.4, -0.2) is 20.3 Å². The van der Waals surface area contributed by atoms with Gasteiger partial charge in [-0.25, -0.2) is 0 Å². The van der Waals surface area contributed by atoms with Crippen LogP contribution in [0.2, 0.25) is 0 Å². The fraction of sp³-hybridized carbons (Fsp3) is 0.286. The monoisotopic (exact) mass is 261 g/mol. The lowest BCUT2D eigenvalue weighted by Gasteiger charge is -2.18. The van der Waals surface area contributed by atoms with Gasteiger partial charge in [0.2, 0.25) is 0 Å². The summed E-state index contributed by atoms with van der Waals surface area (Å²) >= 11 is 1.80. The summed E-state index contributed by atoms with van der Waals surface area (Å²) in [6, 6.07) is 10.4. The number of nitrogens with one attached hydrogen (secondary N) is 1. The Morgan fingerprint density at radius 1 is 1.11 bits per heavy atom. The molecule has 4 heteroatoms. The molecule has 0 saturated carbocycles. The number of thiophene rings is 1. The highest BCUT2D eigenvalue weighted by Crippen LogP contribution is 2.36. The second kappa shape index (κ2) is 5.00. The summed E-state index contributed by atoms with van der Waals surface area (Å²) in [5.74, 6) is 1.69. The lowest BCUT2D eigenvalue weighted by atomic mass is 10.1. The van der Waals surface area contributed by atoms with E-state index in [1.165, 1.54) is 15.3 Å². The normalized spacial score (nSPS) is 13.6. The molecule has 0 unspecified atom stereocenters. The Balaban J connectivity index is 1.91. The van der Waals surface area contributed by atoms with Gasteiger partial charge in [0.1, 0.15) is 13.2 Å². The summed E-state index contributed by atoms with van der Waals surface area (Å²) in [7, 11) is 1.96. The maximum atomic E-state index is 5.61. The van der Waals surface area contributed by atoms with E-state index >= 15 is 0 Å². The van der Waals surface area contributed by atoms with Crippen LogP contribution in [0.25, 0.3) is 10.4 Å². The minimum absolute atomic E-state index is 0.631. The molecule has 1 N–H and O–H groups in total. The van der Waals surface area contributed by atoms with E-state index in [0.717, 1.165) is 18.0 Å². The van der Waals surface area contributed by atoms with Crippen LogP contribution in [0.1, 0.15) is 4.88 Å². The van der Waals surface area contributed by atoms with Crippen molar-refractivity contribution >= 4 is 11.3 Å². The van der Waals surface area contributed by atoms with Gasteiger partial charge in [0.05, 0.1) is 0 Å². The SMILES string of the molecule is CNCc1ccc(-c2ccc3c(c2)OCCO3)s1. The third-order valence-corrected chi connectivity index (χ3v) is 3.97. The summed E-state index contributed by atoms with van der Waals surface area (Å²) in [5.41, 5.74) is 1.19. The molecule has 2 aromatic rings. The van der Waals surface area contributed by atoms with E-state index < -0.39 is 0 Å². The molecule has 0 bridgehead atoms. The van der Waals surface area contributed by atoms with Crippen molar-refractivity contribution in [1.82, 2.24) is 5.32 Å². The Morgan fingerprint density at radius 2 is 1.94 bits per heavy atom. The molecule has 0 spiro atoms. The maximum Gasteiger partial charge on any atom is 0.162 e. The fourth-order valence-electron chi connectivity index (χ4n) is 2.00. The first-order valence-corrected chi connectivity index (χ1v) is 6.82. The van der Waals surface area contributed by atoms with Crippen molar-refractivity contribution in [2.75, 3.05) is 20.3 Å². The molecule has 1 aromatic heterocycles. The van der Waals surface area contributed by atoms with E-state index in [-0.39, 0.29) is 0 Å². The molecular weight excluding hydrogens is 246 g/mol. The molecule has 2 heterocycles. The van der Waals surface area contributed by atoms with Gasteiger partial charge < -0.3 is 14.8 Å². The molecule has 1 aliphatic heterocycles. The zero-order valence-electron chi connectivity index (χ0n) is 10.2. The molecule has 3 nitrogen and oxygen atoms in total. The van der Waals surface area contributed by atoms with E-state index in [1.54, 1.807) is 11.3 Å². The number of hydrogen-bond donors (Lipinski definition) is 1. The average Bonchev–Trinajstić information content (AvgIpc) is 2.87. The molecule has 0 fully saturated rings. The van der Waals surface area contributed by atoms with Crippen molar-refractivity contribution in [3.05, 3.63) is 35.2 Å². The molecular formula is C14H15NO2S. The summed E-state index contributed by atoms with van der Waals surface area (Å²) in [6.45, 7) is 2.18. The summed E-state index contributed by atoms with van der Waals surface area (Å²) < 4.78 is 11.1. The molecule has 1 aromatic carbocycles. The topological polar surface area (TPSA) is 30.5 Å². The predicted molar refractivity (Wildman–Crippen MR) is 73.5 cm³/mol. The predicted octanol–water partition coefficient (Wildman–Crippen LogP) is 2.91. The molecule has 0 atom stereocenters. The Labute approximate surface area is 110 Å². The number of rotatable bonds is 3. The van der Waals surface area contributed by atoms with E-state index in [2.05, 4.69) is 29.6 Å². The van der Waals surface area contributed by atoms with Crippen molar-refractivity contribution in [3.8, 4) is 21.9 Å². The fourth-order valence-corrected chi connectivity index (χ4v) is 3.01. The molecule has 0 saturated heterocycles. The third kappa shape index (κ3) is 2.21.